The van der Waals surface area contributed by atoms with Gasteiger partial charge in [0.25, 0.3) is 5.91 Å². The average Bonchev–Trinajstić information content (AvgIpc) is 2.82. The Morgan fingerprint density at radius 2 is 1.63 bits per heavy atom. The minimum Gasteiger partial charge on any atom is -0.495 e. The van der Waals surface area contributed by atoms with Crippen LogP contribution in [0.25, 0.3) is 0 Å². The molecule has 1 aliphatic heterocycles. The molecule has 2 aromatic rings. The Hall–Kier alpha value is -3.22. The second-order valence-electron chi connectivity index (χ2n) is 10.4. The maximum absolute atomic E-state index is 13.2. The molecule has 1 heterocycles. The summed E-state index contributed by atoms with van der Waals surface area (Å²) in [5.74, 6) is 0.697. The lowest BCUT2D eigenvalue weighted by Crippen LogP contribution is -2.47. The fourth-order valence-corrected chi connectivity index (χ4v) is 4.24. The van der Waals surface area contributed by atoms with Gasteiger partial charge < -0.3 is 25.2 Å². The first-order chi connectivity index (χ1) is 16.6. The molecule has 2 amide bonds. The standard InChI is InChI=1S/C28H40N4O3/c1-7-20(2)29-27(34)22-18-21(30-26(33)19-28(3,4)5)12-13-23(22)31-14-16-32(17-15-31)24-10-8-9-11-25(24)35-6/h8-13,18,20H,7,14-17,19H2,1-6H3,(H,29,34)(H,30,33). The minimum atomic E-state index is -0.117. The van der Waals surface area contributed by atoms with E-state index >= 15 is 0 Å². The molecule has 35 heavy (non-hydrogen) atoms. The summed E-state index contributed by atoms with van der Waals surface area (Å²) in [4.78, 5) is 30.3. The van der Waals surface area contributed by atoms with Gasteiger partial charge in [0.2, 0.25) is 5.91 Å². The molecule has 0 bridgehead atoms. The number of benzene rings is 2. The molecule has 7 heteroatoms. The van der Waals surface area contributed by atoms with Crippen molar-refractivity contribution in [1.29, 1.82) is 0 Å². The molecule has 1 atom stereocenters. The van der Waals surface area contributed by atoms with E-state index in [1.54, 1.807) is 13.2 Å². The van der Waals surface area contributed by atoms with Gasteiger partial charge >= 0.3 is 0 Å². The first kappa shape index (κ1) is 26.4. The van der Waals surface area contributed by atoms with Gasteiger partial charge in [-0.2, -0.15) is 0 Å². The van der Waals surface area contributed by atoms with Crippen LogP contribution in [0.15, 0.2) is 42.5 Å². The predicted molar refractivity (Wildman–Crippen MR) is 144 cm³/mol. The molecular weight excluding hydrogens is 440 g/mol. The molecule has 0 spiro atoms. The molecule has 3 rings (SSSR count). The number of anilines is 3. The van der Waals surface area contributed by atoms with Crippen LogP contribution in [0.5, 0.6) is 5.75 Å². The number of nitrogens with one attached hydrogen (secondary N) is 2. The summed E-state index contributed by atoms with van der Waals surface area (Å²) >= 11 is 0. The van der Waals surface area contributed by atoms with E-state index in [2.05, 4.69) is 26.5 Å². The number of rotatable bonds is 8. The highest BCUT2D eigenvalue weighted by Crippen LogP contribution is 2.31. The fourth-order valence-electron chi connectivity index (χ4n) is 4.24. The van der Waals surface area contributed by atoms with Crippen molar-refractivity contribution in [2.24, 2.45) is 5.41 Å². The highest BCUT2D eigenvalue weighted by atomic mass is 16.5. The van der Waals surface area contributed by atoms with E-state index in [1.807, 2.05) is 65.0 Å². The molecule has 0 aromatic heterocycles. The summed E-state index contributed by atoms with van der Waals surface area (Å²) < 4.78 is 5.54. The average molecular weight is 481 g/mol. The molecule has 1 unspecified atom stereocenters. The second kappa shape index (κ2) is 11.5. The third-order valence-corrected chi connectivity index (χ3v) is 6.25. The Balaban J connectivity index is 1.81. The molecule has 1 saturated heterocycles. The lowest BCUT2D eigenvalue weighted by Gasteiger charge is -2.38. The maximum atomic E-state index is 13.2. The van der Waals surface area contributed by atoms with Crippen LogP contribution in [0.1, 0.15) is 57.8 Å². The number of carbonyl (C=O) groups excluding carboxylic acids is 2. The molecule has 2 aromatic carbocycles. The first-order valence-electron chi connectivity index (χ1n) is 12.5. The van der Waals surface area contributed by atoms with Gasteiger partial charge in [-0.25, -0.2) is 0 Å². The summed E-state index contributed by atoms with van der Waals surface area (Å²) in [7, 11) is 1.69. The van der Waals surface area contributed by atoms with Gasteiger partial charge in [0, 0.05) is 50.0 Å². The van der Waals surface area contributed by atoms with Crippen LogP contribution < -0.4 is 25.2 Å². The Kier molecular flexibility index (Phi) is 8.65. The van der Waals surface area contributed by atoms with Crippen molar-refractivity contribution in [3.05, 3.63) is 48.0 Å². The topological polar surface area (TPSA) is 73.9 Å². The Morgan fingerprint density at radius 1 is 1.00 bits per heavy atom. The van der Waals surface area contributed by atoms with Gasteiger partial charge in [0.1, 0.15) is 5.75 Å². The zero-order chi connectivity index (χ0) is 25.6. The van der Waals surface area contributed by atoms with Crippen LogP contribution in [0.3, 0.4) is 0 Å². The lowest BCUT2D eigenvalue weighted by molar-refractivity contribution is -0.117. The molecule has 0 saturated carbocycles. The molecule has 0 aliphatic carbocycles. The third kappa shape index (κ3) is 7.13. The van der Waals surface area contributed by atoms with Crippen LogP contribution in [0.4, 0.5) is 17.1 Å². The SMILES string of the molecule is CCC(C)NC(=O)c1cc(NC(=O)CC(C)(C)C)ccc1N1CCN(c2ccccc2OC)CC1. The number of hydrogen-bond acceptors (Lipinski definition) is 5. The first-order valence-corrected chi connectivity index (χ1v) is 12.5. The van der Waals surface area contributed by atoms with Crippen molar-refractivity contribution in [2.75, 3.05) is 48.4 Å². The maximum Gasteiger partial charge on any atom is 0.253 e. The molecule has 1 aliphatic rings. The Morgan fingerprint density at radius 3 is 2.23 bits per heavy atom. The number of carbonyl (C=O) groups is 2. The van der Waals surface area contributed by atoms with E-state index in [9.17, 15) is 9.59 Å². The predicted octanol–water partition coefficient (Wildman–Crippen LogP) is 4.92. The lowest BCUT2D eigenvalue weighted by atomic mass is 9.92. The monoisotopic (exact) mass is 480 g/mol. The van der Waals surface area contributed by atoms with Gasteiger partial charge in [-0.3, -0.25) is 9.59 Å². The van der Waals surface area contributed by atoms with E-state index in [-0.39, 0.29) is 23.3 Å². The molecule has 190 valence electrons. The van der Waals surface area contributed by atoms with Gasteiger partial charge in [0.15, 0.2) is 0 Å². The van der Waals surface area contributed by atoms with Crippen molar-refractivity contribution in [3.8, 4) is 5.75 Å². The number of ether oxygens (including phenoxy) is 1. The van der Waals surface area contributed by atoms with Crippen molar-refractivity contribution in [2.45, 2.75) is 53.5 Å². The van der Waals surface area contributed by atoms with Crippen LogP contribution in [-0.4, -0.2) is 51.1 Å². The molecular formula is C28H40N4O3. The molecule has 0 radical (unpaired) electrons. The van der Waals surface area contributed by atoms with Crippen LogP contribution >= 0.6 is 0 Å². The molecule has 1 fully saturated rings. The Labute approximate surface area is 209 Å². The van der Waals surface area contributed by atoms with Crippen molar-refractivity contribution < 1.29 is 14.3 Å². The van der Waals surface area contributed by atoms with E-state index in [4.69, 9.17) is 4.74 Å². The third-order valence-electron chi connectivity index (χ3n) is 6.25. The van der Waals surface area contributed by atoms with E-state index < -0.39 is 0 Å². The largest absolute Gasteiger partial charge is 0.495 e. The molecule has 7 nitrogen and oxygen atoms in total. The van der Waals surface area contributed by atoms with Gasteiger partial charge in [-0.1, -0.05) is 39.8 Å². The summed E-state index contributed by atoms with van der Waals surface area (Å²) in [6, 6.07) is 13.8. The normalized spacial score (nSPS) is 14.9. The van der Waals surface area contributed by atoms with Crippen LogP contribution in [-0.2, 0) is 4.79 Å². The van der Waals surface area contributed by atoms with Crippen molar-refractivity contribution in [3.63, 3.8) is 0 Å². The number of nitrogens with zero attached hydrogens (tertiary/aromatic N) is 2. The van der Waals surface area contributed by atoms with Gasteiger partial charge in [-0.15, -0.1) is 0 Å². The van der Waals surface area contributed by atoms with E-state index in [1.165, 1.54) is 0 Å². The van der Waals surface area contributed by atoms with Crippen LogP contribution in [0.2, 0.25) is 0 Å². The highest BCUT2D eigenvalue weighted by Gasteiger charge is 2.24. The summed E-state index contributed by atoms with van der Waals surface area (Å²) in [6.45, 7) is 13.3. The van der Waals surface area contributed by atoms with E-state index in [0.717, 1.165) is 49.7 Å². The second-order valence-corrected chi connectivity index (χ2v) is 10.4. The summed E-state index contributed by atoms with van der Waals surface area (Å²) in [6.07, 6.45) is 1.26. The molecule has 2 N–H and O–H groups in total. The highest BCUT2D eigenvalue weighted by molar-refractivity contribution is 6.02. The number of piperazine rings is 1. The summed E-state index contributed by atoms with van der Waals surface area (Å²) in [5.41, 5.74) is 3.09. The zero-order valence-corrected chi connectivity index (χ0v) is 22.0. The zero-order valence-electron chi connectivity index (χ0n) is 22.0. The van der Waals surface area contributed by atoms with Crippen molar-refractivity contribution in [1.82, 2.24) is 5.32 Å². The number of methoxy groups -OCH3 is 1. The number of hydrogen-bond donors (Lipinski definition) is 2. The number of para-hydroxylation sites is 2. The Bertz CT molecular complexity index is 1020. The quantitative estimate of drug-likeness (QED) is 0.561. The van der Waals surface area contributed by atoms with E-state index in [0.29, 0.717) is 17.7 Å². The number of amides is 2. The minimum absolute atomic E-state index is 0.0519. The smallest absolute Gasteiger partial charge is 0.253 e. The van der Waals surface area contributed by atoms with Gasteiger partial charge in [-0.05, 0) is 49.1 Å². The van der Waals surface area contributed by atoms with Crippen molar-refractivity contribution >= 4 is 28.9 Å². The fraction of sp³-hybridized carbons (Fsp3) is 0.500. The summed E-state index contributed by atoms with van der Waals surface area (Å²) in [5, 5.41) is 6.06. The van der Waals surface area contributed by atoms with Gasteiger partial charge in [0.05, 0.1) is 18.4 Å². The van der Waals surface area contributed by atoms with Crippen LogP contribution in [0, 0.1) is 5.41 Å².